The zero-order valence-corrected chi connectivity index (χ0v) is 8.03. The topological polar surface area (TPSA) is 60.7 Å². The Kier molecular flexibility index (Phi) is 5.62. The highest BCUT2D eigenvalue weighted by Gasteiger charge is 2.10. The molecule has 0 amide bonds. The van der Waals surface area contributed by atoms with Crippen molar-refractivity contribution in [2.45, 2.75) is 32.0 Å². The Morgan fingerprint density at radius 1 is 1.23 bits per heavy atom. The Bertz CT molecular complexity index is 187. The highest BCUT2D eigenvalue weighted by Crippen LogP contribution is 2.12. The first-order chi connectivity index (χ1) is 5.99. The van der Waals surface area contributed by atoms with Crippen LogP contribution in [0.3, 0.4) is 0 Å². The molecule has 76 valence electrons. The molecule has 13 heavy (non-hydrogen) atoms. The predicted octanol–water partition coefficient (Wildman–Crippen LogP) is 0.613. The third kappa shape index (κ3) is 4.83. The van der Waals surface area contributed by atoms with Gasteiger partial charge in [0.1, 0.15) is 0 Å². The Morgan fingerprint density at radius 3 is 2.15 bits per heavy atom. The molecule has 0 fully saturated rings. The van der Waals surface area contributed by atoms with Gasteiger partial charge in [-0.3, -0.25) is 0 Å². The lowest BCUT2D eigenvalue weighted by Gasteiger charge is -2.14. The van der Waals surface area contributed by atoms with E-state index in [2.05, 4.69) is 13.2 Å². The number of hydrogen-bond acceptors (Lipinski definition) is 3. The maximum Gasteiger partial charge on any atom is 0.0978 e. The van der Waals surface area contributed by atoms with E-state index in [1.165, 1.54) is 0 Å². The maximum absolute atomic E-state index is 9.35. The fourth-order valence-corrected chi connectivity index (χ4v) is 0.864. The summed E-state index contributed by atoms with van der Waals surface area (Å²) >= 11 is 0. The molecule has 0 saturated carbocycles. The second kappa shape index (κ2) is 5.91. The van der Waals surface area contributed by atoms with E-state index in [-0.39, 0.29) is 6.61 Å². The molecule has 0 aliphatic heterocycles. The average molecular weight is 186 g/mol. The van der Waals surface area contributed by atoms with Crippen molar-refractivity contribution in [2.24, 2.45) is 0 Å². The summed E-state index contributed by atoms with van der Waals surface area (Å²) in [6, 6.07) is 0. The van der Waals surface area contributed by atoms with Crippen LogP contribution in [0.15, 0.2) is 24.3 Å². The van der Waals surface area contributed by atoms with Gasteiger partial charge in [-0.2, -0.15) is 0 Å². The Morgan fingerprint density at radius 2 is 1.77 bits per heavy atom. The largest absolute Gasteiger partial charge is 0.393 e. The summed E-state index contributed by atoms with van der Waals surface area (Å²) in [6.07, 6.45) is -0.444. The summed E-state index contributed by atoms with van der Waals surface area (Å²) < 4.78 is 0. The lowest BCUT2D eigenvalue weighted by molar-refractivity contribution is 0.117. The van der Waals surface area contributed by atoms with Crippen LogP contribution in [0.25, 0.3) is 0 Å². The zero-order valence-electron chi connectivity index (χ0n) is 8.03. The molecular weight excluding hydrogens is 168 g/mol. The standard InChI is InChI=1S/C10H18O3/c1-7(2)9(12)5-4-8(3)10(13)6-11/h9-13H,1,3-6H2,2H3. The molecule has 0 bridgehead atoms. The Balaban J connectivity index is 3.76. The van der Waals surface area contributed by atoms with Gasteiger partial charge in [0.25, 0.3) is 0 Å². The quantitative estimate of drug-likeness (QED) is 0.533. The van der Waals surface area contributed by atoms with Crippen molar-refractivity contribution in [3.8, 4) is 0 Å². The minimum absolute atomic E-state index is 0.317. The van der Waals surface area contributed by atoms with Crippen molar-refractivity contribution in [2.75, 3.05) is 6.61 Å². The first-order valence-electron chi connectivity index (χ1n) is 4.29. The van der Waals surface area contributed by atoms with Crippen LogP contribution < -0.4 is 0 Å². The minimum atomic E-state index is -0.877. The van der Waals surface area contributed by atoms with Gasteiger partial charge in [-0.1, -0.05) is 18.7 Å². The van der Waals surface area contributed by atoms with E-state index in [1.54, 1.807) is 6.92 Å². The van der Waals surface area contributed by atoms with Crippen LogP contribution in [-0.4, -0.2) is 34.1 Å². The average Bonchev–Trinajstić information content (AvgIpc) is 2.11. The van der Waals surface area contributed by atoms with Crippen LogP contribution in [0.2, 0.25) is 0 Å². The van der Waals surface area contributed by atoms with Crippen LogP contribution in [0.5, 0.6) is 0 Å². The normalized spacial score (nSPS) is 15.1. The van der Waals surface area contributed by atoms with Gasteiger partial charge in [0.15, 0.2) is 0 Å². The van der Waals surface area contributed by atoms with Crippen molar-refractivity contribution in [1.82, 2.24) is 0 Å². The monoisotopic (exact) mass is 186 g/mol. The van der Waals surface area contributed by atoms with Crippen molar-refractivity contribution < 1.29 is 15.3 Å². The van der Waals surface area contributed by atoms with E-state index in [9.17, 15) is 5.11 Å². The smallest absolute Gasteiger partial charge is 0.0978 e. The van der Waals surface area contributed by atoms with E-state index in [1.807, 2.05) is 0 Å². The SMILES string of the molecule is C=C(C)C(O)CCC(=C)C(O)CO. The lowest BCUT2D eigenvalue weighted by atomic mass is 10.0. The van der Waals surface area contributed by atoms with Gasteiger partial charge in [-0.25, -0.2) is 0 Å². The summed E-state index contributed by atoms with van der Waals surface area (Å²) in [5.41, 5.74) is 1.24. The molecule has 0 saturated heterocycles. The fourth-order valence-electron chi connectivity index (χ4n) is 0.864. The van der Waals surface area contributed by atoms with Gasteiger partial charge in [0.2, 0.25) is 0 Å². The maximum atomic E-state index is 9.35. The second-order valence-electron chi connectivity index (χ2n) is 3.26. The molecule has 3 N–H and O–H groups in total. The highest BCUT2D eigenvalue weighted by atomic mass is 16.3. The van der Waals surface area contributed by atoms with E-state index >= 15 is 0 Å². The summed E-state index contributed by atoms with van der Waals surface area (Å²) in [5.74, 6) is 0. The summed E-state index contributed by atoms with van der Waals surface area (Å²) in [5, 5.41) is 27.1. The molecule has 2 unspecified atom stereocenters. The van der Waals surface area contributed by atoms with E-state index < -0.39 is 12.2 Å². The molecule has 0 spiro atoms. The van der Waals surface area contributed by atoms with Crippen LogP contribution in [0.4, 0.5) is 0 Å². The molecule has 0 aromatic carbocycles. The predicted molar refractivity (Wildman–Crippen MR) is 52.3 cm³/mol. The van der Waals surface area contributed by atoms with Crippen LogP contribution in [-0.2, 0) is 0 Å². The molecule has 0 aromatic heterocycles. The van der Waals surface area contributed by atoms with Gasteiger partial charge in [0.05, 0.1) is 18.8 Å². The van der Waals surface area contributed by atoms with Crippen LogP contribution in [0, 0.1) is 0 Å². The van der Waals surface area contributed by atoms with Gasteiger partial charge in [0, 0.05) is 0 Å². The van der Waals surface area contributed by atoms with E-state index in [0.29, 0.717) is 24.0 Å². The van der Waals surface area contributed by atoms with E-state index in [0.717, 1.165) is 0 Å². The summed E-state index contributed by atoms with van der Waals surface area (Å²) in [4.78, 5) is 0. The molecular formula is C10H18O3. The minimum Gasteiger partial charge on any atom is -0.393 e. The van der Waals surface area contributed by atoms with Gasteiger partial charge in [-0.05, 0) is 25.3 Å². The lowest BCUT2D eigenvalue weighted by Crippen LogP contribution is -2.16. The van der Waals surface area contributed by atoms with Gasteiger partial charge < -0.3 is 15.3 Å². The highest BCUT2D eigenvalue weighted by molar-refractivity contribution is 5.04. The molecule has 0 aliphatic carbocycles. The van der Waals surface area contributed by atoms with E-state index in [4.69, 9.17) is 10.2 Å². The molecule has 0 rings (SSSR count). The van der Waals surface area contributed by atoms with Crippen molar-refractivity contribution in [1.29, 1.82) is 0 Å². The second-order valence-corrected chi connectivity index (χ2v) is 3.26. The Hall–Kier alpha value is -0.640. The molecule has 0 heterocycles. The number of aliphatic hydroxyl groups is 3. The fraction of sp³-hybridized carbons (Fsp3) is 0.600. The van der Waals surface area contributed by atoms with Crippen LogP contribution >= 0.6 is 0 Å². The molecule has 0 aromatic rings. The summed E-state index contributed by atoms with van der Waals surface area (Å²) in [7, 11) is 0. The summed E-state index contributed by atoms with van der Waals surface area (Å²) in [6.45, 7) is 8.64. The number of rotatable bonds is 6. The molecule has 2 atom stereocenters. The molecule has 0 aliphatic rings. The number of aliphatic hydroxyl groups excluding tert-OH is 3. The van der Waals surface area contributed by atoms with Crippen molar-refractivity contribution >= 4 is 0 Å². The molecule has 3 heteroatoms. The first kappa shape index (κ1) is 12.4. The van der Waals surface area contributed by atoms with Crippen molar-refractivity contribution in [3.63, 3.8) is 0 Å². The van der Waals surface area contributed by atoms with Crippen molar-refractivity contribution in [3.05, 3.63) is 24.3 Å². The Labute approximate surface area is 79.0 Å². The zero-order chi connectivity index (χ0) is 10.4. The molecule has 0 radical (unpaired) electrons. The first-order valence-corrected chi connectivity index (χ1v) is 4.29. The molecule has 3 nitrogen and oxygen atoms in total. The third-order valence-corrected chi connectivity index (χ3v) is 1.95. The van der Waals surface area contributed by atoms with Crippen LogP contribution in [0.1, 0.15) is 19.8 Å². The number of hydrogen-bond donors (Lipinski definition) is 3. The van der Waals surface area contributed by atoms with Gasteiger partial charge >= 0.3 is 0 Å². The van der Waals surface area contributed by atoms with Gasteiger partial charge in [-0.15, -0.1) is 0 Å². The third-order valence-electron chi connectivity index (χ3n) is 1.95.